The van der Waals surface area contributed by atoms with E-state index in [1.807, 2.05) is 4.90 Å². The first kappa shape index (κ1) is 14.9. The third kappa shape index (κ3) is 3.16. The Morgan fingerprint density at radius 3 is 2.85 bits per heavy atom. The van der Waals surface area contributed by atoms with E-state index in [2.05, 4.69) is 23.9 Å². The molecule has 0 radical (unpaired) electrons. The summed E-state index contributed by atoms with van der Waals surface area (Å²) >= 11 is 1.10. The standard InChI is InChI=1S/C13H19N3O3S/c1-3-9-7-15(2)5-4-6-16(9)12(17)11-14-10(8-20-11)13(18)19/h8-9H,3-7H2,1-2H3,(H,18,19). The van der Waals surface area contributed by atoms with Gasteiger partial charge in [-0.15, -0.1) is 11.3 Å². The van der Waals surface area contributed by atoms with Crippen molar-refractivity contribution in [1.29, 1.82) is 0 Å². The molecule has 1 aromatic rings. The van der Waals surface area contributed by atoms with Gasteiger partial charge >= 0.3 is 5.97 Å². The Morgan fingerprint density at radius 1 is 1.50 bits per heavy atom. The zero-order valence-electron chi connectivity index (χ0n) is 11.7. The molecule has 1 aliphatic heterocycles. The molecule has 1 saturated heterocycles. The van der Waals surface area contributed by atoms with E-state index >= 15 is 0 Å². The summed E-state index contributed by atoms with van der Waals surface area (Å²) in [4.78, 5) is 31.4. The van der Waals surface area contributed by atoms with Crippen LogP contribution in [0.2, 0.25) is 0 Å². The number of carbonyl (C=O) groups is 2. The molecule has 20 heavy (non-hydrogen) atoms. The van der Waals surface area contributed by atoms with Crippen LogP contribution < -0.4 is 0 Å². The fraction of sp³-hybridized carbons (Fsp3) is 0.615. The molecule has 1 aliphatic rings. The molecule has 0 bridgehead atoms. The van der Waals surface area contributed by atoms with E-state index in [1.54, 1.807) is 0 Å². The molecule has 0 aromatic carbocycles. The van der Waals surface area contributed by atoms with E-state index in [0.717, 1.165) is 37.3 Å². The predicted octanol–water partition coefficient (Wildman–Crippen LogP) is 1.40. The van der Waals surface area contributed by atoms with E-state index in [1.165, 1.54) is 5.38 Å². The van der Waals surface area contributed by atoms with Gasteiger partial charge in [-0.2, -0.15) is 0 Å². The van der Waals surface area contributed by atoms with Gasteiger partial charge in [0.25, 0.3) is 5.91 Å². The Balaban J connectivity index is 2.18. The highest BCUT2D eigenvalue weighted by Gasteiger charge is 2.28. The SMILES string of the molecule is CCC1CN(C)CCCN1C(=O)c1nc(C(=O)O)cs1. The summed E-state index contributed by atoms with van der Waals surface area (Å²) < 4.78 is 0. The number of aromatic nitrogens is 1. The number of rotatable bonds is 3. The van der Waals surface area contributed by atoms with Gasteiger partial charge in [-0.1, -0.05) is 6.92 Å². The van der Waals surface area contributed by atoms with Gasteiger partial charge in [-0.3, -0.25) is 4.79 Å². The molecule has 0 aliphatic carbocycles. The zero-order chi connectivity index (χ0) is 14.7. The number of aromatic carboxylic acids is 1. The monoisotopic (exact) mass is 297 g/mol. The molecule has 2 heterocycles. The lowest BCUT2D eigenvalue weighted by molar-refractivity contribution is 0.0674. The van der Waals surface area contributed by atoms with E-state index < -0.39 is 5.97 Å². The predicted molar refractivity (Wildman–Crippen MR) is 76.3 cm³/mol. The molecule has 7 heteroatoms. The minimum atomic E-state index is -1.09. The van der Waals surface area contributed by atoms with Crippen LogP contribution in [0, 0.1) is 0 Å². The van der Waals surface area contributed by atoms with Gasteiger partial charge in [0, 0.05) is 24.5 Å². The van der Waals surface area contributed by atoms with Crippen LogP contribution in [0.5, 0.6) is 0 Å². The molecule has 6 nitrogen and oxygen atoms in total. The second-order valence-electron chi connectivity index (χ2n) is 5.02. The number of likely N-dealkylation sites (N-methyl/N-ethyl adjacent to an activating group) is 1. The highest BCUT2D eigenvalue weighted by molar-refractivity contribution is 7.11. The van der Waals surface area contributed by atoms with Crippen molar-refractivity contribution in [3.63, 3.8) is 0 Å². The van der Waals surface area contributed by atoms with Crippen LogP contribution in [-0.4, -0.2) is 64.5 Å². The molecule has 1 amide bonds. The van der Waals surface area contributed by atoms with Crippen molar-refractivity contribution in [2.75, 3.05) is 26.7 Å². The van der Waals surface area contributed by atoms with Crippen LogP contribution in [0.25, 0.3) is 0 Å². The summed E-state index contributed by atoms with van der Waals surface area (Å²) in [6.07, 6.45) is 1.81. The lowest BCUT2D eigenvalue weighted by Gasteiger charge is -2.29. The first-order chi connectivity index (χ1) is 9.52. The first-order valence-electron chi connectivity index (χ1n) is 6.71. The van der Waals surface area contributed by atoms with Crippen LogP contribution in [0.4, 0.5) is 0 Å². The van der Waals surface area contributed by atoms with Crippen LogP contribution in [0.3, 0.4) is 0 Å². The van der Waals surface area contributed by atoms with Crippen molar-refractivity contribution >= 4 is 23.2 Å². The molecule has 0 spiro atoms. The van der Waals surface area contributed by atoms with Crippen molar-refractivity contribution in [3.05, 3.63) is 16.1 Å². The maximum absolute atomic E-state index is 12.5. The van der Waals surface area contributed by atoms with Gasteiger partial charge in [0.2, 0.25) is 0 Å². The molecule has 1 N–H and O–H groups in total. The van der Waals surface area contributed by atoms with Crippen molar-refractivity contribution in [1.82, 2.24) is 14.8 Å². The molecule has 1 unspecified atom stereocenters. The maximum atomic E-state index is 12.5. The van der Waals surface area contributed by atoms with Gasteiger partial charge < -0.3 is 14.9 Å². The number of carboxylic acid groups (broad SMARTS) is 1. The smallest absolute Gasteiger partial charge is 0.355 e. The molecule has 1 fully saturated rings. The van der Waals surface area contributed by atoms with Crippen LogP contribution in [0.1, 0.15) is 40.1 Å². The van der Waals surface area contributed by atoms with Crippen LogP contribution in [-0.2, 0) is 0 Å². The summed E-state index contributed by atoms with van der Waals surface area (Å²) in [7, 11) is 2.06. The van der Waals surface area contributed by atoms with E-state index in [0.29, 0.717) is 6.54 Å². The van der Waals surface area contributed by atoms with Crippen molar-refractivity contribution < 1.29 is 14.7 Å². The summed E-state index contributed by atoms with van der Waals surface area (Å²) in [6, 6.07) is 0.159. The lowest BCUT2D eigenvalue weighted by atomic mass is 10.2. The number of amides is 1. The summed E-state index contributed by atoms with van der Waals surface area (Å²) in [5.74, 6) is -1.24. The number of carbonyl (C=O) groups excluding carboxylic acids is 1. The normalized spacial score (nSPS) is 20.7. The Labute approximate surface area is 122 Å². The Morgan fingerprint density at radius 2 is 2.25 bits per heavy atom. The number of thiazole rings is 1. The lowest BCUT2D eigenvalue weighted by Crippen LogP contribution is -2.43. The first-order valence-corrected chi connectivity index (χ1v) is 7.59. The van der Waals surface area contributed by atoms with E-state index in [9.17, 15) is 9.59 Å². The number of carboxylic acids is 1. The number of nitrogens with zero attached hydrogens (tertiary/aromatic N) is 3. The maximum Gasteiger partial charge on any atom is 0.355 e. The summed E-state index contributed by atoms with van der Waals surface area (Å²) in [5, 5.41) is 10.6. The van der Waals surface area contributed by atoms with Crippen LogP contribution >= 0.6 is 11.3 Å². The van der Waals surface area contributed by atoms with Gasteiger partial charge in [-0.25, -0.2) is 9.78 Å². The highest BCUT2D eigenvalue weighted by atomic mass is 32.1. The van der Waals surface area contributed by atoms with Crippen molar-refractivity contribution in [2.24, 2.45) is 0 Å². The average Bonchev–Trinajstić information content (AvgIpc) is 2.83. The molecule has 110 valence electrons. The molecule has 1 aromatic heterocycles. The molecule has 2 rings (SSSR count). The fourth-order valence-electron chi connectivity index (χ4n) is 2.45. The second-order valence-corrected chi connectivity index (χ2v) is 5.88. The van der Waals surface area contributed by atoms with Gasteiger partial charge in [0.05, 0.1) is 0 Å². The van der Waals surface area contributed by atoms with Gasteiger partial charge in [0.1, 0.15) is 0 Å². The van der Waals surface area contributed by atoms with Gasteiger partial charge in [0.15, 0.2) is 10.7 Å². The molecular weight excluding hydrogens is 278 g/mol. The topological polar surface area (TPSA) is 73.7 Å². The quantitative estimate of drug-likeness (QED) is 0.913. The number of hydrogen-bond donors (Lipinski definition) is 1. The summed E-state index contributed by atoms with van der Waals surface area (Å²) in [6.45, 7) is 4.58. The van der Waals surface area contributed by atoms with Crippen molar-refractivity contribution in [2.45, 2.75) is 25.8 Å². The van der Waals surface area contributed by atoms with Gasteiger partial charge in [-0.05, 0) is 26.4 Å². The second kappa shape index (κ2) is 6.32. The molecular formula is C13H19N3O3S. The minimum absolute atomic E-state index is 0.0571. The Hall–Kier alpha value is -1.47. The van der Waals surface area contributed by atoms with Crippen LogP contribution in [0.15, 0.2) is 5.38 Å². The van der Waals surface area contributed by atoms with E-state index in [-0.39, 0.29) is 22.7 Å². The molecule has 1 atom stereocenters. The van der Waals surface area contributed by atoms with E-state index in [4.69, 9.17) is 5.11 Å². The number of hydrogen-bond acceptors (Lipinski definition) is 5. The minimum Gasteiger partial charge on any atom is -0.476 e. The highest BCUT2D eigenvalue weighted by Crippen LogP contribution is 2.18. The fourth-order valence-corrected chi connectivity index (χ4v) is 3.20. The summed E-state index contributed by atoms with van der Waals surface area (Å²) in [5.41, 5.74) is -0.0571. The zero-order valence-corrected chi connectivity index (χ0v) is 12.5. The third-order valence-corrected chi connectivity index (χ3v) is 4.37. The largest absolute Gasteiger partial charge is 0.476 e. The average molecular weight is 297 g/mol. The van der Waals surface area contributed by atoms with Crippen molar-refractivity contribution in [3.8, 4) is 0 Å². The Kier molecular flexibility index (Phi) is 4.72. The third-order valence-electron chi connectivity index (χ3n) is 3.54. The molecule has 0 saturated carbocycles. The Bertz CT molecular complexity index is 503.